The summed E-state index contributed by atoms with van der Waals surface area (Å²) >= 11 is 0. The molecule has 2 rings (SSSR count). The first-order chi connectivity index (χ1) is 9.54. The summed E-state index contributed by atoms with van der Waals surface area (Å²) in [5.41, 5.74) is 7.90. The number of hydrogen-bond donors (Lipinski definition) is 2. The first-order valence-electron chi connectivity index (χ1n) is 7.36. The standard InChI is InChI=1S/C16H25N3O/c1-16(2,12-17)15(20)18-9-5-10-19-11-8-13-6-3-4-7-14(13)19/h3-4,6-7H,5,8-12,17H2,1-2H3,(H,18,20). The van der Waals surface area contributed by atoms with E-state index in [0.717, 1.165) is 25.9 Å². The number of carbonyl (C=O) groups excluding carboxylic acids is 1. The first-order valence-corrected chi connectivity index (χ1v) is 7.36. The van der Waals surface area contributed by atoms with Crippen molar-refractivity contribution in [2.75, 3.05) is 31.1 Å². The molecule has 0 saturated carbocycles. The molecule has 1 heterocycles. The highest BCUT2D eigenvalue weighted by Gasteiger charge is 2.25. The third-order valence-electron chi connectivity index (χ3n) is 4.00. The third-order valence-corrected chi connectivity index (χ3v) is 4.00. The average molecular weight is 275 g/mol. The maximum absolute atomic E-state index is 11.9. The molecule has 0 spiro atoms. The van der Waals surface area contributed by atoms with Gasteiger partial charge >= 0.3 is 0 Å². The molecule has 4 nitrogen and oxygen atoms in total. The van der Waals surface area contributed by atoms with Crippen LogP contribution >= 0.6 is 0 Å². The molecule has 0 bridgehead atoms. The van der Waals surface area contributed by atoms with Gasteiger partial charge < -0.3 is 16.0 Å². The molecule has 110 valence electrons. The minimum atomic E-state index is -0.472. The fourth-order valence-electron chi connectivity index (χ4n) is 2.44. The number of rotatable bonds is 6. The molecule has 1 aromatic carbocycles. The predicted octanol–water partition coefficient (Wildman–Crippen LogP) is 1.54. The van der Waals surface area contributed by atoms with E-state index < -0.39 is 5.41 Å². The number of anilines is 1. The fourth-order valence-corrected chi connectivity index (χ4v) is 2.44. The zero-order chi connectivity index (χ0) is 14.6. The molecule has 4 heteroatoms. The van der Waals surface area contributed by atoms with Gasteiger partial charge in [-0.1, -0.05) is 18.2 Å². The summed E-state index contributed by atoms with van der Waals surface area (Å²) < 4.78 is 0. The van der Waals surface area contributed by atoms with Crippen LogP contribution in [0.15, 0.2) is 24.3 Å². The van der Waals surface area contributed by atoms with Gasteiger partial charge in [0, 0.05) is 31.9 Å². The summed E-state index contributed by atoms with van der Waals surface area (Å²) in [4.78, 5) is 14.3. The third kappa shape index (κ3) is 3.31. The van der Waals surface area contributed by atoms with Crippen LogP contribution in [0.3, 0.4) is 0 Å². The topological polar surface area (TPSA) is 58.4 Å². The van der Waals surface area contributed by atoms with E-state index in [1.54, 1.807) is 0 Å². The molecule has 0 aliphatic carbocycles. The minimum Gasteiger partial charge on any atom is -0.371 e. The van der Waals surface area contributed by atoms with Gasteiger partial charge in [0.05, 0.1) is 5.41 Å². The van der Waals surface area contributed by atoms with Gasteiger partial charge in [0.1, 0.15) is 0 Å². The van der Waals surface area contributed by atoms with Crippen molar-refractivity contribution in [1.29, 1.82) is 0 Å². The van der Waals surface area contributed by atoms with Crippen LogP contribution in [0.2, 0.25) is 0 Å². The summed E-state index contributed by atoms with van der Waals surface area (Å²) in [5.74, 6) is 0.0434. The largest absolute Gasteiger partial charge is 0.371 e. The molecule has 0 fully saturated rings. The van der Waals surface area contributed by atoms with Crippen LogP contribution in [-0.4, -0.2) is 32.1 Å². The zero-order valence-corrected chi connectivity index (χ0v) is 12.5. The summed E-state index contributed by atoms with van der Waals surface area (Å²) in [6, 6.07) is 8.56. The van der Waals surface area contributed by atoms with Crippen molar-refractivity contribution in [2.24, 2.45) is 11.1 Å². The molecular formula is C16H25N3O. The van der Waals surface area contributed by atoms with E-state index in [-0.39, 0.29) is 5.91 Å². The van der Waals surface area contributed by atoms with Crippen molar-refractivity contribution in [2.45, 2.75) is 26.7 Å². The second-order valence-electron chi connectivity index (χ2n) is 6.06. The van der Waals surface area contributed by atoms with E-state index in [9.17, 15) is 4.79 Å². The van der Waals surface area contributed by atoms with Gasteiger partial charge in [-0.25, -0.2) is 0 Å². The van der Waals surface area contributed by atoms with Crippen LogP contribution in [0.5, 0.6) is 0 Å². The molecule has 1 aliphatic heterocycles. The lowest BCUT2D eigenvalue weighted by Crippen LogP contribution is -2.42. The monoisotopic (exact) mass is 275 g/mol. The van der Waals surface area contributed by atoms with E-state index in [0.29, 0.717) is 13.1 Å². The van der Waals surface area contributed by atoms with E-state index in [1.165, 1.54) is 11.3 Å². The molecular weight excluding hydrogens is 250 g/mol. The summed E-state index contributed by atoms with van der Waals surface area (Å²) in [6.07, 6.45) is 2.09. The number of nitrogens with two attached hydrogens (primary N) is 1. The molecule has 3 N–H and O–H groups in total. The van der Waals surface area contributed by atoms with Gasteiger partial charge in [0.15, 0.2) is 0 Å². The maximum atomic E-state index is 11.9. The zero-order valence-electron chi connectivity index (χ0n) is 12.5. The summed E-state index contributed by atoms with van der Waals surface area (Å²) in [7, 11) is 0. The van der Waals surface area contributed by atoms with Gasteiger partial charge in [-0.3, -0.25) is 4.79 Å². The lowest BCUT2D eigenvalue weighted by atomic mass is 9.93. The van der Waals surface area contributed by atoms with Crippen molar-refractivity contribution in [3.05, 3.63) is 29.8 Å². The molecule has 0 atom stereocenters. The Morgan fingerprint density at radius 3 is 2.90 bits per heavy atom. The van der Waals surface area contributed by atoms with Crippen LogP contribution in [0, 0.1) is 5.41 Å². The van der Waals surface area contributed by atoms with E-state index >= 15 is 0 Å². The van der Waals surface area contributed by atoms with Crippen molar-refractivity contribution in [3.8, 4) is 0 Å². The second-order valence-corrected chi connectivity index (χ2v) is 6.06. The van der Waals surface area contributed by atoms with Gasteiger partial charge in [-0.2, -0.15) is 0 Å². The smallest absolute Gasteiger partial charge is 0.226 e. The van der Waals surface area contributed by atoms with Crippen LogP contribution in [0.25, 0.3) is 0 Å². The Labute approximate surface area is 121 Å². The Bertz CT molecular complexity index is 471. The maximum Gasteiger partial charge on any atom is 0.226 e. The molecule has 1 amide bonds. The highest BCUT2D eigenvalue weighted by Crippen LogP contribution is 2.27. The molecule has 1 aromatic rings. The van der Waals surface area contributed by atoms with Crippen LogP contribution in [0.1, 0.15) is 25.8 Å². The summed E-state index contributed by atoms with van der Waals surface area (Å²) in [5, 5.41) is 2.98. The van der Waals surface area contributed by atoms with Gasteiger partial charge in [-0.15, -0.1) is 0 Å². The van der Waals surface area contributed by atoms with Gasteiger partial charge in [-0.05, 0) is 38.3 Å². The number of nitrogens with zero attached hydrogens (tertiary/aromatic N) is 1. The highest BCUT2D eigenvalue weighted by atomic mass is 16.2. The lowest BCUT2D eigenvalue weighted by Gasteiger charge is -2.22. The number of hydrogen-bond acceptors (Lipinski definition) is 3. The van der Waals surface area contributed by atoms with Crippen molar-refractivity contribution < 1.29 is 4.79 Å². The van der Waals surface area contributed by atoms with Crippen LogP contribution in [-0.2, 0) is 11.2 Å². The Morgan fingerprint density at radius 1 is 1.40 bits per heavy atom. The van der Waals surface area contributed by atoms with E-state index in [2.05, 4.69) is 34.5 Å². The number of para-hydroxylation sites is 1. The summed E-state index contributed by atoms with van der Waals surface area (Å²) in [6.45, 7) is 6.90. The van der Waals surface area contributed by atoms with Crippen molar-refractivity contribution in [1.82, 2.24) is 5.32 Å². The van der Waals surface area contributed by atoms with Gasteiger partial charge in [0.25, 0.3) is 0 Å². The number of carbonyl (C=O) groups is 1. The Balaban J connectivity index is 1.74. The Morgan fingerprint density at radius 2 is 2.15 bits per heavy atom. The SMILES string of the molecule is CC(C)(CN)C(=O)NCCCN1CCc2ccccc21. The Kier molecular flexibility index (Phi) is 4.65. The molecule has 0 unspecified atom stereocenters. The second kappa shape index (κ2) is 6.27. The lowest BCUT2D eigenvalue weighted by molar-refractivity contribution is -0.128. The molecule has 20 heavy (non-hydrogen) atoms. The Hall–Kier alpha value is -1.55. The van der Waals surface area contributed by atoms with Crippen molar-refractivity contribution in [3.63, 3.8) is 0 Å². The quantitative estimate of drug-likeness (QED) is 0.774. The van der Waals surface area contributed by atoms with Crippen molar-refractivity contribution >= 4 is 11.6 Å². The first kappa shape index (κ1) is 14.9. The van der Waals surface area contributed by atoms with E-state index in [4.69, 9.17) is 5.73 Å². The van der Waals surface area contributed by atoms with E-state index in [1.807, 2.05) is 13.8 Å². The molecule has 1 aliphatic rings. The predicted molar refractivity (Wildman–Crippen MR) is 82.8 cm³/mol. The normalized spacial score (nSPS) is 14.2. The number of benzene rings is 1. The molecule has 0 aromatic heterocycles. The highest BCUT2D eigenvalue weighted by molar-refractivity contribution is 5.81. The van der Waals surface area contributed by atoms with Crippen LogP contribution < -0.4 is 16.0 Å². The average Bonchev–Trinajstić information content (AvgIpc) is 2.86. The van der Waals surface area contributed by atoms with Crippen LogP contribution in [0.4, 0.5) is 5.69 Å². The van der Waals surface area contributed by atoms with Gasteiger partial charge in [0.2, 0.25) is 5.91 Å². The fraction of sp³-hybridized carbons (Fsp3) is 0.562. The number of nitrogens with one attached hydrogen (secondary N) is 1. The molecule has 0 radical (unpaired) electrons. The number of amides is 1. The minimum absolute atomic E-state index is 0.0434. The molecule has 0 saturated heterocycles. The number of fused-ring (bicyclic) bond motifs is 1.